The summed E-state index contributed by atoms with van der Waals surface area (Å²) < 4.78 is 13.3. The minimum atomic E-state index is 0.869. The van der Waals surface area contributed by atoms with Crippen LogP contribution in [0.1, 0.15) is 0 Å². The fourth-order valence-corrected chi connectivity index (χ4v) is 11.7. The van der Waals surface area contributed by atoms with E-state index in [1.165, 1.54) is 87.4 Å². The van der Waals surface area contributed by atoms with Gasteiger partial charge in [-0.1, -0.05) is 182 Å². The first-order valence-corrected chi connectivity index (χ1v) is 24.1. The maximum Gasteiger partial charge on any atom is 0.136 e. The van der Waals surface area contributed by atoms with Gasteiger partial charge in [0.1, 0.15) is 22.3 Å². The molecule has 0 amide bonds. The molecule has 0 radical (unpaired) electrons. The van der Waals surface area contributed by atoms with Gasteiger partial charge in [-0.2, -0.15) is 0 Å². The number of rotatable bonds is 5. The third kappa shape index (κ3) is 5.87. The number of furan rings is 2. The van der Waals surface area contributed by atoms with Gasteiger partial charge in [-0.15, -0.1) is 0 Å². The average Bonchev–Trinajstić information content (AvgIpc) is 3.99. The van der Waals surface area contributed by atoms with Crippen LogP contribution in [0.25, 0.3) is 153 Å². The molecule has 13 aromatic carbocycles. The Labute approximate surface area is 402 Å². The molecule has 0 saturated carbocycles. The van der Waals surface area contributed by atoms with Gasteiger partial charge in [-0.25, -0.2) is 0 Å². The zero-order chi connectivity index (χ0) is 45.9. The summed E-state index contributed by atoms with van der Waals surface area (Å²) in [6, 6.07) is 88.7. The Morgan fingerprint density at radius 1 is 0.171 bits per heavy atom. The van der Waals surface area contributed by atoms with Crippen LogP contribution in [0.4, 0.5) is 0 Å². The molecule has 2 heterocycles. The van der Waals surface area contributed by atoms with E-state index in [0.29, 0.717) is 0 Å². The third-order valence-electron chi connectivity index (χ3n) is 14.8. The lowest BCUT2D eigenvalue weighted by molar-refractivity contribution is 0.668. The maximum atomic E-state index is 6.67. The molecule has 0 aliphatic heterocycles. The molecular weight excluding hydrogens is 849 g/mol. The van der Waals surface area contributed by atoms with Crippen LogP contribution < -0.4 is 0 Å². The number of hydrogen-bond acceptors (Lipinski definition) is 2. The maximum absolute atomic E-state index is 6.67. The normalized spacial score (nSPS) is 12.0. The summed E-state index contributed by atoms with van der Waals surface area (Å²) in [5, 5.41) is 16.4. The van der Waals surface area contributed by atoms with E-state index in [2.05, 4.69) is 231 Å². The lowest BCUT2D eigenvalue weighted by Crippen LogP contribution is -1.95. The van der Waals surface area contributed by atoms with Crippen molar-refractivity contribution in [3.8, 4) is 55.6 Å². The second-order valence-electron chi connectivity index (χ2n) is 18.7. The van der Waals surface area contributed by atoms with E-state index in [1.807, 2.05) is 12.1 Å². The number of para-hydroxylation sites is 2. The lowest BCUT2D eigenvalue weighted by Gasteiger charge is -2.23. The summed E-state index contributed by atoms with van der Waals surface area (Å²) in [5.41, 5.74) is 15.2. The summed E-state index contributed by atoms with van der Waals surface area (Å²) in [6.07, 6.45) is 0. The van der Waals surface area contributed by atoms with Crippen molar-refractivity contribution in [2.24, 2.45) is 0 Å². The number of hydrogen-bond donors (Lipinski definition) is 0. The van der Waals surface area contributed by atoms with Crippen molar-refractivity contribution in [3.63, 3.8) is 0 Å². The van der Waals surface area contributed by atoms with E-state index < -0.39 is 0 Å². The van der Waals surface area contributed by atoms with E-state index in [9.17, 15) is 0 Å². The van der Waals surface area contributed by atoms with Gasteiger partial charge in [0.05, 0.1) is 0 Å². The van der Waals surface area contributed by atoms with E-state index in [-0.39, 0.29) is 0 Å². The van der Waals surface area contributed by atoms with Crippen molar-refractivity contribution in [1.29, 1.82) is 0 Å². The number of fused-ring (bicyclic) bond motifs is 12. The lowest BCUT2D eigenvalue weighted by atomic mass is 9.80. The molecule has 0 fully saturated rings. The molecule has 0 saturated heterocycles. The van der Waals surface area contributed by atoms with Gasteiger partial charge < -0.3 is 8.83 Å². The topological polar surface area (TPSA) is 26.3 Å². The standard InChI is InChI=1S/C68H40O2/c1-3-15-41(16-4-1)45-29-34-55-57(36-45)66(48-31-33-53-51-23-12-14-26-62(51)70-64(53)38-48)60-40-58-56(39-59(60)65(55)47-30-32-52-50-22-11-13-25-61(50)69-63(52)37-47)49-21-9-10-24-54(49)68(67(58)43-18-5-2-6-19-43)46-28-27-42-17-7-8-20-44(42)35-46/h1-40H. The fraction of sp³-hybridized carbons (Fsp3) is 0. The van der Waals surface area contributed by atoms with Crippen LogP contribution in [0.15, 0.2) is 251 Å². The van der Waals surface area contributed by atoms with Gasteiger partial charge in [0.15, 0.2) is 0 Å². The molecule has 0 aliphatic rings. The first-order valence-electron chi connectivity index (χ1n) is 24.1. The van der Waals surface area contributed by atoms with Crippen molar-refractivity contribution < 1.29 is 8.83 Å². The minimum absolute atomic E-state index is 0.869. The summed E-state index contributed by atoms with van der Waals surface area (Å²) in [7, 11) is 0. The molecule has 2 nitrogen and oxygen atoms in total. The molecule has 0 N–H and O–H groups in total. The van der Waals surface area contributed by atoms with Crippen molar-refractivity contribution in [1.82, 2.24) is 0 Å². The van der Waals surface area contributed by atoms with Crippen molar-refractivity contribution >= 4 is 97.7 Å². The summed E-state index contributed by atoms with van der Waals surface area (Å²) in [5.74, 6) is 0. The average molecular weight is 889 g/mol. The van der Waals surface area contributed by atoms with E-state index in [0.717, 1.165) is 66.0 Å². The predicted molar refractivity (Wildman–Crippen MR) is 296 cm³/mol. The molecule has 0 bridgehead atoms. The van der Waals surface area contributed by atoms with Crippen molar-refractivity contribution in [2.45, 2.75) is 0 Å². The van der Waals surface area contributed by atoms with Crippen LogP contribution in [-0.4, -0.2) is 0 Å². The SMILES string of the molecule is c1ccc(-c2ccc3c(-c4ccc5c(c4)oc4ccccc45)c4cc5c(cc4c(-c4ccc6c(c4)oc4ccccc46)c3c2)c(-c2ccccc2)c(-c2ccc3ccccc3c2)c2ccccc25)cc1. The van der Waals surface area contributed by atoms with Gasteiger partial charge >= 0.3 is 0 Å². The second-order valence-corrected chi connectivity index (χ2v) is 18.7. The monoisotopic (exact) mass is 888 g/mol. The molecule has 324 valence electrons. The van der Waals surface area contributed by atoms with Gasteiger partial charge in [-0.05, 0) is 170 Å². The first kappa shape index (κ1) is 38.8. The largest absolute Gasteiger partial charge is 0.456 e. The van der Waals surface area contributed by atoms with Crippen LogP contribution in [-0.2, 0) is 0 Å². The minimum Gasteiger partial charge on any atom is -0.456 e. The van der Waals surface area contributed by atoms with Gasteiger partial charge in [-0.3, -0.25) is 0 Å². The Kier molecular flexibility index (Phi) is 8.39. The smallest absolute Gasteiger partial charge is 0.136 e. The van der Waals surface area contributed by atoms with Crippen LogP contribution in [0, 0.1) is 0 Å². The Bertz CT molecular complexity index is 4630. The number of benzene rings is 13. The zero-order valence-corrected chi connectivity index (χ0v) is 37.9. The van der Waals surface area contributed by atoms with E-state index in [1.54, 1.807) is 0 Å². The molecular formula is C68H40O2. The zero-order valence-electron chi connectivity index (χ0n) is 37.9. The van der Waals surface area contributed by atoms with Crippen molar-refractivity contribution in [3.05, 3.63) is 243 Å². The molecule has 2 heteroatoms. The summed E-state index contributed by atoms with van der Waals surface area (Å²) >= 11 is 0. The summed E-state index contributed by atoms with van der Waals surface area (Å²) in [4.78, 5) is 0. The molecule has 2 aromatic heterocycles. The fourth-order valence-electron chi connectivity index (χ4n) is 11.7. The molecule has 0 atom stereocenters. The molecule has 15 rings (SSSR count). The van der Waals surface area contributed by atoms with E-state index in [4.69, 9.17) is 8.83 Å². The first-order chi connectivity index (χ1) is 34.7. The highest BCUT2D eigenvalue weighted by Gasteiger charge is 2.24. The highest BCUT2D eigenvalue weighted by molar-refractivity contribution is 6.30. The van der Waals surface area contributed by atoms with Crippen LogP contribution in [0.5, 0.6) is 0 Å². The van der Waals surface area contributed by atoms with Crippen LogP contribution in [0.2, 0.25) is 0 Å². The Morgan fingerprint density at radius 2 is 0.586 bits per heavy atom. The van der Waals surface area contributed by atoms with Crippen molar-refractivity contribution in [2.75, 3.05) is 0 Å². The Morgan fingerprint density at radius 3 is 1.26 bits per heavy atom. The van der Waals surface area contributed by atoms with Crippen LogP contribution >= 0.6 is 0 Å². The molecule has 0 unspecified atom stereocenters. The summed E-state index contributed by atoms with van der Waals surface area (Å²) in [6.45, 7) is 0. The third-order valence-corrected chi connectivity index (χ3v) is 14.8. The molecule has 15 aromatic rings. The van der Waals surface area contributed by atoms with Gasteiger partial charge in [0, 0.05) is 21.5 Å². The molecule has 0 aliphatic carbocycles. The molecule has 70 heavy (non-hydrogen) atoms. The highest BCUT2D eigenvalue weighted by atomic mass is 16.3. The van der Waals surface area contributed by atoms with Gasteiger partial charge in [0.2, 0.25) is 0 Å². The predicted octanol–water partition coefficient (Wildman–Crippen LogP) is 19.6. The van der Waals surface area contributed by atoms with Crippen LogP contribution in [0.3, 0.4) is 0 Å². The van der Waals surface area contributed by atoms with Gasteiger partial charge in [0.25, 0.3) is 0 Å². The Hall–Kier alpha value is -9.24. The quantitative estimate of drug-likeness (QED) is 0.127. The molecule has 0 spiro atoms. The highest BCUT2D eigenvalue weighted by Crippen LogP contribution is 2.51. The Balaban J connectivity index is 1.15. The van der Waals surface area contributed by atoms with E-state index >= 15 is 0 Å². The second kappa shape index (κ2) is 15.1.